The summed E-state index contributed by atoms with van der Waals surface area (Å²) in [7, 11) is 0. The summed E-state index contributed by atoms with van der Waals surface area (Å²) >= 11 is 3.92. The predicted molar refractivity (Wildman–Crippen MR) is 65.7 cm³/mol. The standard InChI is InChI=1S/C12H14O4S/c13-9-3-4-16-11-2-1-7(5-8(9)11)12(15)10(14)6-17/h1-2,5,10,12,14-15,17H,3-4,6H2. The Morgan fingerprint density at radius 2 is 2.18 bits per heavy atom. The number of fused-ring (bicyclic) bond motifs is 1. The van der Waals surface area contributed by atoms with Crippen molar-refractivity contribution < 1.29 is 19.7 Å². The van der Waals surface area contributed by atoms with E-state index in [2.05, 4.69) is 12.6 Å². The summed E-state index contributed by atoms with van der Waals surface area (Å²) in [6.45, 7) is 0.396. The molecule has 0 saturated carbocycles. The Morgan fingerprint density at radius 3 is 2.88 bits per heavy atom. The zero-order valence-corrected chi connectivity index (χ0v) is 10.1. The number of thiol groups is 1. The van der Waals surface area contributed by atoms with Crippen LogP contribution in [0.5, 0.6) is 5.75 Å². The van der Waals surface area contributed by atoms with Crippen molar-refractivity contribution in [2.45, 2.75) is 18.6 Å². The summed E-state index contributed by atoms with van der Waals surface area (Å²) in [5, 5.41) is 19.3. The second kappa shape index (κ2) is 5.08. The molecule has 5 heteroatoms. The average molecular weight is 254 g/mol. The molecule has 92 valence electrons. The van der Waals surface area contributed by atoms with E-state index >= 15 is 0 Å². The van der Waals surface area contributed by atoms with Crippen LogP contribution in [0.1, 0.15) is 28.4 Å². The second-order valence-corrected chi connectivity index (χ2v) is 4.34. The molecule has 1 aliphatic rings. The minimum Gasteiger partial charge on any atom is -0.492 e. The highest BCUT2D eigenvalue weighted by Gasteiger charge is 2.22. The highest BCUT2D eigenvalue weighted by molar-refractivity contribution is 7.80. The molecule has 2 rings (SSSR count). The van der Waals surface area contributed by atoms with Crippen LogP contribution < -0.4 is 4.74 Å². The van der Waals surface area contributed by atoms with E-state index in [1.54, 1.807) is 18.2 Å². The number of carbonyl (C=O) groups is 1. The van der Waals surface area contributed by atoms with Gasteiger partial charge in [-0.15, -0.1) is 0 Å². The molecular formula is C12H14O4S. The number of ketones is 1. The van der Waals surface area contributed by atoms with Gasteiger partial charge in [-0.25, -0.2) is 0 Å². The minimum atomic E-state index is -1.03. The van der Waals surface area contributed by atoms with Crippen LogP contribution in [0.3, 0.4) is 0 Å². The van der Waals surface area contributed by atoms with Crippen molar-refractivity contribution in [2.75, 3.05) is 12.4 Å². The number of hydrogen-bond donors (Lipinski definition) is 3. The fourth-order valence-corrected chi connectivity index (χ4v) is 1.99. The van der Waals surface area contributed by atoms with E-state index in [1.165, 1.54) is 0 Å². The Hall–Kier alpha value is -1.04. The smallest absolute Gasteiger partial charge is 0.170 e. The van der Waals surface area contributed by atoms with Crippen molar-refractivity contribution in [3.63, 3.8) is 0 Å². The van der Waals surface area contributed by atoms with Gasteiger partial charge in [-0.3, -0.25) is 4.79 Å². The van der Waals surface area contributed by atoms with E-state index in [4.69, 9.17) is 4.74 Å². The van der Waals surface area contributed by atoms with Gasteiger partial charge in [0.25, 0.3) is 0 Å². The van der Waals surface area contributed by atoms with Crippen LogP contribution in [0.15, 0.2) is 18.2 Å². The molecule has 0 saturated heterocycles. The van der Waals surface area contributed by atoms with Crippen molar-refractivity contribution >= 4 is 18.4 Å². The Labute approximate surface area is 105 Å². The highest BCUT2D eigenvalue weighted by Crippen LogP contribution is 2.28. The molecule has 1 aromatic rings. The lowest BCUT2D eigenvalue weighted by molar-refractivity contribution is 0.0336. The first-order chi connectivity index (χ1) is 8.13. The summed E-state index contributed by atoms with van der Waals surface area (Å²) in [6.07, 6.45) is -1.63. The average Bonchev–Trinajstić information content (AvgIpc) is 2.37. The molecule has 2 unspecified atom stereocenters. The Balaban J connectivity index is 2.32. The van der Waals surface area contributed by atoms with E-state index in [9.17, 15) is 15.0 Å². The highest BCUT2D eigenvalue weighted by atomic mass is 32.1. The summed E-state index contributed by atoms with van der Waals surface area (Å²) in [5.74, 6) is 0.695. The van der Waals surface area contributed by atoms with Gasteiger partial charge in [-0.2, -0.15) is 12.6 Å². The number of carbonyl (C=O) groups excluding carboxylic acids is 1. The van der Waals surface area contributed by atoms with Gasteiger partial charge in [0.15, 0.2) is 5.78 Å². The normalized spacial score (nSPS) is 18.2. The van der Waals surface area contributed by atoms with Crippen LogP contribution in [0.4, 0.5) is 0 Å². The van der Waals surface area contributed by atoms with Crippen molar-refractivity contribution in [3.05, 3.63) is 29.3 Å². The van der Waals surface area contributed by atoms with Gasteiger partial charge in [0.2, 0.25) is 0 Å². The number of Topliss-reactive ketones (excluding diaryl/α,β-unsaturated/α-hetero) is 1. The zero-order valence-electron chi connectivity index (χ0n) is 9.17. The van der Waals surface area contributed by atoms with Crippen LogP contribution in [0.2, 0.25) is 0 Å². The molecule has 1 aromatic carbocycles. The zero-order chi connectivity index (χ0) is 12.4. The largest absolute Gasteiger partial charge is 0.492 e. The van der Waals surface area contributed by atoms with Gasteiger partial charge in [0.05, 0.1) is 18.3 Å². The molecule has 0 aliphatic carbocycles. The number of rotatable bonds is 3. The van der Waals surface area contributed by atoms with E-state index in [0.29, 0.717) is 29.9 Å². The van der Waals surface area contributed by atoms with Gasteiger partial charge >= 0.3 is 0 Å². The van der Waals surface area contributed by atoms with Crippen molar-refractivity contribution in [1.29, 1.82) is 0 Å². The van der Waals surface area contributed by atoms with E-state index in [1.807, 2.05) is 0 Å². The molecule has 0 amide bonds. The molecular weight excluding hydrogens is 240 g/mol. The lowest BCUT2D eigenvalue weighted by atomic mass is 9.98. The van der Waals surface area contributed by atoms with Crippen molar-refractivity contribution in [2.24, 2.45) is 0 Å². The minimum absolute atomic E-state index is 0.000614. The van der Waals surface area contributed by atoms with Gasteiger partial charge in [-0.05, 0) is 17.7 Å². The van der Waals surface area contributed by atoms with Crippen LogP contribution in [-0.4, -0.2) is 34.5 Å². The summed E-state index contributed by atoms with van der Waals surface area (Å²) < 4.78 is 5.34. The molecule has 0 spiro atoms. The van der Waals surface area contributed by atoms with Crippen LogP contribution >= 0.6 is 12.6 Å². The van der Waals surface area contributed by atoms with Crippen LogP contribution in [-0.2, 0) is 0 Å². The van der Waals surface area contributed by atoms with E-state index in [-0.39, 0.29) is 11.5 Å². The van der Waals surface area contributed by atoms with Crippen LogP contribution in [0, 0.1) is 0 Å². The maximum absolute atomic E-state index is 11.7. The quantitative estimate of drug-likeness (QED) is 0.703. The number of aliphatic hydroxyl groups is 2. The van der Waals surface area contributed by atoms with Gasteiger partial charge in [-0.1, -0.05) is 6.07 Å². The third kappa shape index (κ3) is 2.46. The first kappa shape index (κ1) is 12.4. The molecule has 0 aromatic heterocycles. The fraction of sp³-hybridized carbons (Fsp3) is 0.417. The van der Waals surface area contributed by atoms with Crippen LogP contribution in [0.25, 0.3) is 0 Å². The topological polar surface area (TPSA) is 66.8 Å². The van der Waals surface area contributed by atoms with E-state index in [0.717, 1.165) is 0 Å². The molecule has 1 heterocycles. The monoisotopic (exact) mass is 254 g/mol. The summed E-state index contributed by atoms with van der Waals surface area (Å²) in [6, 6.07) is 4.87. The predicted octanol–water partition coefficient (Wildman–Crippen LogP) is 0.976. The van der Waals surface area contributed by atoms with Crippen molar-refractivity contribution in [1.82, 2.24) is 0 Å². The molecule has 4 nitrogen and oxygen atoms in total. The maximum atomic E-state index is 11.7. The Bertz CT molecular complexity index is 433. The fourth-order valence-electron chi connectivity index (χ4n) is 1.79. The molecule has 0 bridgehead atoms. The van der Waals surface area contributed by atoms with Gasteiger partial charge < -0.3 is 14.9 Å². The van der Waals surface area contributed by atoms with Gasteiger partial charge in [0.1, 0.15) is 11.9 Å². The molecule has 17 heavy (non-hydrogen) atoms. The Morgan fingerprint density at radius 1 is 1.41 bits per heavy atom. The third-order valence-electron chi connectivity index (χ3n) is 2.78. The SMILES string of the molecule is O=C1CCOc2ccc(C(O)C(O)CS)cc21. The molecule has 2 N–H and O–H groups in total. The number of aliphatic hydroxyl groups excluding tert-OH is 2. The first-order valence-corrected chi connectivity index (χ1v) is 6.03. The third-order valence-corrected chi connectivity index (χ3v) is 3.16. The van der Waals surface area contributed by atoms with Crippen molar-refractivity contribution in [3.8, 4) is 5.75 Å². The lowest BCUT2D eigenvalue weighted by Crippen LogP contribution is -2.21. The Kier molecular flexibility index (Phi) is 3.71. The molecule has 0 fully saturated rings. The van der Waals surface area contributed by atoms with Gasteiger partial charge in [0, 0.05) is 12.2 Å². The maximum Gasteiger partial charge on any atom is 0.170 e. The number of benzene rings is 1. The first-order valence-electron chi connectivity index (χ1n) is 5.40. The number of hydrogen-bond acceptors (Lipinski definition) is 5. The molecule has 2 atom stereocenters. The lowest BCUT2D eigenvalue weighted by Gasteiger charge is -2.20. The number of ether oxygens (including phenoxy) is 1. The summed E-state index contributed by atoms with van der Waals surface area (Å²) in [5.41, 5.74) is 0.975. The second-order valence-electron chi connectivity index (χ2n) is 3.97. The molecule has 1 aliphatic heterocycles. The molecule has 0 radical (unpaired) electrons. The summed E-state index contributed by atoms with van der Waals surface area (Å²) in [4.78, 5) is 11.7. The van der Waals surface area contributed by atoms with E-state index < -0.39 is 12.2 Å².